The largest absolute Gasteiger partial charge is 0.464 e. The zero-order valence-electron chi connectivity index (χ0n) is 20.0. The minimum atomic E-state index is -1.43. The Morgan fingerprint density at radius 1 is 1.21 bits per heavy atom. The SMILES string of the molecule is [2H][C@@]1(C(=O)OCC[C@H](C)OC(=O)c2ccccc2)C[C@H]2C[C@@H](CCc3nn[nH]n3)CC[C@H]2CN1. The Labute approximate surface area is 195 Å². The molecule has 2 heterocycles. The van der Waals surface area contributed by atoms with Crippen LogP contribution in [0.15, 0.2) is 30.3 Å². The second kappa shape index (κ2) is 11.4. The van der Waals surface area contributed by atoms with Gasteiger partial charge in [0.1, 0.15) is 12.1 Å². The maximum atomic E-state index is 12.8. The lowest BCUT2D eigenvalue weighted by Crippen LogP contribution is -2.50. The number of nitrogens with zero attached hydrogens (tertiary/aromatic N) is 3. The van der Waals surface area contributed by atoms with Crippen molar-refractivity contribution in [3.63, 3.8) is 0 Å². The number of carbonyl (C=O) groups is 2. The van der Waals surface area contributed by atoms with Crippen LogP contribution in [0.3, 0.4) is 0 Å². The highest BCUT2D eigenvalue weighted by molar-refractivity contribution is 5.89. The van der Waals surface area contributed by atoms with Gasteiger partial charge in [-0.25, -0.2) is 4.79 Å². The first-order chi connectivity index (χ1) is 16.4. The lowest BCUT2D eigenvalue weighted by molar-refractivity contribution is -0.148. The van der Waals surface area contributed by atoms with Crippen molar-refractivity contribution in [2.45, 2.75) is 64.0 Å². The van der Waals surface area contributed by atoms with Crippen LogP contribution in [0.4, 0.5) is 0 Å². The number of benzene rings is 1. The Kier molecular flexibility index (Phi) is 7.57. The number of fused-ring (bicyclic) bond motifs is 1. The molecule has 1 aromatic carbocycles. The first kappa shape index (κ1) is 22.0. The first-order valence-corrected chi connectivity index (χ1v) is 11.8. The zero-order valence-corrected chi connectivity index (χ0v) is 19.0. The number of rotatable bonds is 9. The van der Waals surface area contributed by atoms with Crippen LogP contribution in [0.1, 0.15) is 63.0 Å². The Hall–Kier alpha value is -2.81. The number of ether oxygens (including phenoxy) is 2. The molecule has 0 spiro atoms. The summed E-state index contributed by atoms with van der Waals surface area (Å²) in [5.41, 5.74) is 0.487. The number of piperidine rings is 1. The van der Waals surface area contributed by atoms with Crippen LogP contribution in [0, 0.1) is 17.8 Å². The molecule has 2 fully saturated rings. The fourth-order valence-electron chi connectivity index (χ4n) is 4.86. The molecule has 2 aromatic rings. The van der Waals surface area contributed by atoms with Crippen LogP contribution in [0.25, 0.3) is 0 Å². The number of hydrogen-bond donors (Lipinski definition) is 2. The fraction of sp³-hybridized carbons (Fsp3) is 0.625. The van der Waals surface area contributed by atoms with E-state index in [1.807, 2.05) is 6.07 Å². The van der Waals surface area contributed by atoms with Crippen LogP contribution in [0.2, 0.25) is 0 Å². The standard InChI is InChI=1S/C24H33N5O4/c1-16(33-23(30)18-5-3-2-4-6-18)11-12-32-24(31)21-14-20-13-17(7-9-19(20)15-25-21)8-10-22-26-28-29-27-22/h2-6,16-17,19-21,25H,7-15H2,1H3,(H,26,27,28,29)/t16-,17+,19-,20+,21-/m0/s1/i21D. The second-order valence-electron chi connectivity index (χ2n) is 9.14. The third-order valence-corrected chi connectivity index (χ3v) is 6.78. The summed E-state index contributed by atoms with van der Waals surface area (Å²) in [6, 6.07) is 7.36. The third kappa shape index (κ3) is 6.60. The number of aromatic nitrogens is 4. The van der Waals surface area contributed by atoms with E-state index in [0.29, 0.717) is 42.7 Å². The highest BCUT2D eigenvalue weighted by Crippen LogP contribution is 2.40. The molecule has 0 radical (unpaired) electrons. The van der Waals surface area contributed by atoms with Crippen LogP contribution >= 0.6 is 0 Å². The van der Waals surface area contributed by atoms with E-state index in [0.717, 1.165) is 37.9 Å². The predicted octanol–water partition coefficient (Wildman–Crippen LogP) is 2.71. The van der Waals surface area contributed by atoms with Gasteiger partial charge in [-0.1, -0.05) is 29.8 Å². The average molecular weight is 457 g/mol. The maximum absolute atomic E-state index is 12.8. The lowest BCUT2D eigenvalue weighted by atomic mass is 9.69. The van der Waals surface area contributed by atoms with Gasteiger partial charge < -0.3 is 14.8 Å². The third-order valence-electron chi connectivity index (χ3n) is 6.78. The van der Waals surface area contributed by atoms with Gasteiger partial charge in [0.25, 0.3) is 0 Å². The Balaban J connectivity index is 1.21. The van der Waals surface area contributed by atoms with Crippen molar-refractivity contribution in [3.05, 3.63) is 41.7 Å². The molecule has 1 saturated carbocycles. The molecule has 2 N–H and O–H groups in total. The molecule has 5 atom stereocenters. The number of esters is 2. The molecule has 0 amide bonds. The molecule has 1 saturated heterocycles. The van der Waals surface area contributed by atoms with Gasteiger partial charge in [-0.3, -0.25) is 4.79 Å². The van der Waals surface area contributed by atoms with E-state index in [4.69, 9.17) is 10.8 Å². The van der Waals surface area contributed by atoms with Crippen molar-refractivity contribution >= 4 is 11.9 Å². The minimum absolute atomic E-state index is 0.103. The predicted molar refractivity (Wildman–Crippen MR) is 120 cm³/mol. The molecule has 4 rings (SSSR count). The highest BCUT2D eigenvalue weighted by Gasteiger charge is 2.38. The molecule has 0 unspecified atom stereocenters. The first-order valence-electron chi connectivity index (χ1n) is 12.3. The van der Waals surface area contributed by atoms with Crippen molar-refractivity contribution in [2.24, 2.45) is 17.8 Å². The van der Waals surface area contributed by atoms with E-state index < -0.39 is 24.1 Å². The van der Waals surface area contributed by atoms with Gasteiger partial charge in [0.05, 0.1) is 13.5 Å². The van der Waals surface area contributed by atoms with E-state index >= 15 is 0 Å². The second-order valence-corrected chi connectivity index (χ2v) is 9.14. The quantitative estimate of drug-likeness (QED) is 0.553. The minimum Gasteiger partial charge on any atom is -0.464 e. The Morgan fingerprint density at radius 2 is 2.06 bits per heavy atom. The van der Waals surface area contributed by atoms with Crippen LogP contribution in [-0.4, -0.2) is 57.8 Å². The normalized spacial score (nSPS) is 28.3. The van der Waals surface area contributed by atoms with Crippen molar-refractivity contribution in [1.29, 1.82) is 0 Å². The van der Waals surface area contributed by atoms with Gasteiger partial charge in [-0.05, 0) is 69.0 Å². The summed E-state index contributed by atoms with van der Waals surface area (Å²) in [7, 11) is 0. The van der Waals surface area contributed by atoms with E-state index in [9.17, 15) is 9.59 Å². The van der Waals surface area contributed by atoms with Crippen LogP contribution in [0.5, 0.6) is 0 Å². The zero-order chi connectivity index (χ0) is 24.0. The summed E-state index contributed by atoms with van der Waals surface area (Å²) in [4.78, 5) is 24.9. The Morgan fingerprint density at radius 3 is 2.85 bits per heavy atom. The maximum Gasteiger partial charge on any atom is 0.338 e. The van der Waals surface area contributed by atoms with E-state index in [1.54, 1.807) is 31.2 Å². The summed E-state index contributed by atoms with van der Waals surface area (Å²) in [5, 5.41) is 17.3. The molecule has 178 valence electrons. The molecule has 0 bridgehead atoms. The topological polar surface area (TPSA) is 119 Å². The molecular weight excluding hydrogens is 422 g/mol. The molecule has 1 aliphatic carbocycles. The smallest absolute Gasteiger partial charge is 0.338 e. The van der Waals surface area contributed by atoms with E-state index in [2.05, 4.69) is 25.9 Å². The van der Waals surface area contributed by atoms with Crippen LogP contribution < -0.4 is 5.32 Å². The van der Waals surface area contributed by atoms with Gasteiger partial charge >= 0.3 is 11.9 Å². The molecule has 1 aliphatic heterocycles. The van der Waals surface area contributed by atoms with Crippen LogP contribution in [-0.2, 0) is 20.7 Å². The monoisotopic (exact) mass is 456 g/mol. The summed E-state index contributed by atoms with van der Waals surface area (Å²) in [5.74, 6) is 1.13. The number of aryl methyl sites for hydroxylation is 1. The lowest BCUT2D eigenvalue weighted by Gasteiger charge is -2.42. The molecular formula is C24H33N5O4. The van der Waals surface area contributed by atoms with Gasteiger partial charge in [0, 0.05) is 12.8 Å². The average Bonchev–Trinajstić information content (AvgIpc) is 3.36. The summed E-state index contributed by atoms with van der Waals surface area (Å²) < 4.78 is 19.6. The molecule has 2 aliphatic rings. The van der Waals surface area contributed by atoms with Crippen molar-refractivity contribution < 1.29 is 20.4 Å². The van der Waals surface area contributed by atoms with Crippen molar-refractivity contribution in [2.75, 3.05) is 13.2 Å². The molecule has 9 nitrogen and oxygen atoms in total. The number of H-pyrrole nitrogens is 1. The number of carbonyl (C=O) groups excluding carboxylic acids is 2. The Bertz CT molecular complexity index is 944. The number of hydrogen-bond acceptors (Lipinski definition) is 8. The molecule has 9 heteroatoms. The number of nitrogens with one attached hydrogen (secondary N) is 2. The fourth-order valence-corrected chi connectivity index (χ4v) is 4.86. The molecule has 1 aromatic heterocycles. The van der Waals surface area contributed by atoms with Crippen molar-refractivity contribution in [1.82, 2.24) is 25.9 Å². The summed E-state index contributed by atoms with van der Waals surface area (Å²) in [6.07, 6.45) is 5.47. The summed E-state index contributed by atoms with van der Waals surface area (Å²) >= 11 is 0. The summed E-state index contributed by atoms with van der Waals surface area (Å²) in [6.45, 7) is 2.53. The number of aromatic amines is 1. The van der Waals surface area contributed by atoms with Crippen molar-refractivity contribution in [3.8, 4) is 0 Å². The van der Waals surface area contributed by atoms with E-state index in [-0.39, 0.29) is 6.61 Å². The molecule has 33 heavy (non-hydrogen) atoms. The van der Waals surface area contributed by atoms with Gasteiger partial charge in [0.2, 0.25) is 0 Å². The van der Waals surface area contributed by atoms with E-state index in [1.165, 1.54) is 0 Å². The van der Waals surface area contributed by atoms with Gasteiger partial charge in [-0.2, -0.15) is 5.21 Å². The highest BCUT2D eigenvalue weighted by atomic mass is 16.6. The number of tetrazole rings is 1. The van der Waals surface area contributed by atoms with Gasteiger partial charge in [0.15, 0.2) is 5.82 Å². The van der Waals surface area contributed by atoms with Gasteiger partial charge in [-0.15, -0.1) is 10.2 Å².